The van der Waals surface area contributed by atoms with Gasteiger partial charge in [-0.05, 0) is 98.0 Å². The molecule has 0 aliphatic carbocycles. The Morgan fingerprint density at radius 2 is 1.91 bits per heavy atom. The van der Waals surface area contributed by atoms with Gasteiger partial charge in [-0.25, -0.2) is 9.97 Å². The Labute approximate surface area is 264 Å². The first-order valence-corrected chi connectivity index (χ1v) is 18.6. The maximum Gasteiger partial charge on any atom is 0.227 e. The Morgan fingerprint density at radius 3 is 2.59 bits per heavy atom. The van der Waals surface area contributed by atoms with E-state index in [1.165, 1.54) is 11.1 Å². The van der Waals surface area contributed by atoms with Gasteiger partial charge in [0.2, 0.25) is 5.95 Å². The van der Waals surface area contributed by atoms with Crippen LogP contribution in [0, 0.1) is 11.3 Å². The van der Waals surface area contributed by atoms with Crippen molar-refractivity contribution in [2.24, 2.45) is 0 Å². The van der Waals surface area contributed by atoms with Gasteiger partial charge in [0.1, 0.15) is 6.07 Å². The van der Waals surface area contributed by atoms with Crippen molar-refractivity contribution >= 4 is 25.6 Å². The molecule has 0 unspecified atom stereocenters. The SMILES string of the molecule is CN(C)Cc1cc(Nc2nccc(-c3cc(C#N)c4c(c3)[C@@](C)(CO[Si](C)(C)C(C)(C)C)CN4)n2)ccc1C1CCOCC1. The Kier molecular flexibility index (Phi) is 9.20. The van der Waals surface area contributed by atoms with Crippen LogP contribution < -0.4 is 10.6 Å². The summed E-state index contributed by atoms with van der Waals surface area (Å²) in [5, 5.41) is 17.2. The molecule has 234 valence electrons. The summed E-state index contributed by atoms with van der Waals surface area (Å²) in [6.07, 6.45) is 3.89. The zero-order valence-corrected chi connectivity index (χ0v) is 28.7. The maximum atomic E-state index is 10.1. The normalized spacial score (nSPS) is 19.0. The van der Waals surface area contributed by atoms with Crippen LogP contribution in [-0.2, 0) is 21.1 Å². The number of ether oxygens (including phenoxy) is 1. The second-order valence-electron chi connectivity index (χ2n) is 14.4. The number of hydrogen-bond donors (Lipinski definition) is 2. The summed E-state index contributed by atoms with van der Waals surface area (Å²) in [6, 6.07) is 15.0. The van der Waals surface area contributed by atoms with E-state index in [2.05, 4.69) is 106 Å². The van der Waals surface area contributed by atoms with Crippen molar-refractivity contribution in [3.63, 3.8) is 0 Å². The highest BCUT2D eigenvalue weighted by molar-refractivity contribution is 6.74. The molecule has 0 bridgehead atoms. The van der Waals surface area contributed by atoms with Crippen molar-refractivity contribution in [3.05, 3.63) is 64.8 Å². The van der Waals surface area contributed by atoms with E-state index in [1.807, 2.05) is 12.1 Å². The van der Waals surface area contributed by atoms with Gasteiger partial charge in [-0.1, -0.05) is 33.8 Å². The summed E-state index contributed by atoms with van der Waals surface area (Å²) in [7, 11) is 2.27. The van der Waals surface area contributed by atoms with E-state index < -0.39 is 8.32 Å². The number of nitrogens with zero attached hydrogens (tertiary/aromatic N) is 4. The lowest BCUT2D eigenvalue weighted by Crippen LogP contribution is -2.45. The molecule has 1 fully saturated rings. The minimum atomic E-state index is -1.94. The van der Waals surface area contributed by atoms with E-state index in [1.54, 1.807) is 6.20 Å². The predicted octanol–water partition coefficient (Wildman–Crippen LogP) is 7.42. The van der Waals surface area contributed by atoms with Gasteiger partial charge in [-0.3, -0.25) is 0 Å². The number of rotatable bonds is 9. The minimum absolute atomic E-state index is 0.126. The Bertz CT molecular complexity index is 1540. The summed E-state index contributed by atoms with van der Waals surface area (Å²) < 4.78 is 12.3. The predicted molar refractivity (Wildman–Crippen MR) is 181 cm³/mol. The highest BCUT2D eigenvalue weighted by Crippen LogP contribution is 2.44. The van der Waals surface area contributed by atoms with Gasteiger partial charge in [0.05, 0.1) is 16.9 Å². The summed E-state index contributed by atoms with van der Waals surface area (Å²) >= 11 is 0. The maximum absolute atomic E-state index is 10.1. The summed E-state index contributed by atoms with van der Waals surface area (Å²) in [5.74, 6) is 1.05. The van der Waals surface area contributed by atoms with E-state index in [0.29, 0.717) is 24.0 Å². The van der Waals surface area contributed by atoms with Crippen molar-refractivity contribution < 1.29 is 9.16 Å². The molecule has 9 heteroatoms. The van der Waals surface area contributed by atoms with Gasteiger partial charge in [0.25, 0.3) is 0 Å². The van der Waals surface area contributed by atoms with Crippen LogP contribution >= 0.6 is 0 Å². The van der Waals surface area contributed by atoms with Gasteiger partial charge in [0.15, 0.2) is 8.32 Å². The number of aromatic nitrogens is 2. The average Bonchev–Trinajstić information content (AvgIpc) is 3.32. The topological polar surface area (TPSA) is 95.3 Å². The van der Waals surface area contributed by atoms with Crippen LogP contribution in [0.2, 0.25) is 18.1 Å². The molecule has 0 radical (unpaired) electrons. The molecule has 5 rings (SSSR count). The van der Waals surface area contributed by atoms with Gasteiger partial charge < -0.3 is 24.7 Å². The van der Waals surface area contributed by atoms with E-state index in [0.717, 1.165) is 67.3 Å². The summed E-state index contributed by atoms with van der Waals surface area (Å²) in [6.45, 7) is 17.4. The monoisotopic (exact) mass is 612 g/mol. The molecule has 0 saturated carbocycles. The fourth-order valence-electron chi connectivity index (χ4n) is 5.89. The fraction of sp³-hybridized carbons (Fsp3) is 0.514. The highest BCUT2D eigenvalue weighted by Gasteiger charge is 2.42. The van der Waals surface area contributed by atoms with Gasteiger partial charge >= 0.3 is 0 Å². The van der Waals surface area contributed by atoms with Crippen LogP contribution in [0.25, 0.3) is 11.3 Å². The van der Waals surface area contributed by atoms with E-state index >= 15 is 0 Å². The molecule has 0 spiro atoms. The molecule has 2 N–H and O–H groups in total. The molecule has 1 aromatic heterocycles. The van der Waals surface area contributed by atoms with Gasteiger partial charge in [0, 0.05) is 55.8 Å². The first kappa shape index (κ1) is 32.1. The summed E-state index contributed by atoms with van der Waals surface area (Å²) in [4.78, 5) is 11.7. The largest absolute Gasteiger partial charge is 0.416 e. The van der Waals surface area contributed by atoms with Crippen molar-refractivity contribution in [1.29, 1.82) is 5.26 Å². The number of anilines is 3. The van der Waals surface area contributed by atoms with Crippen LogP contribution in [-0.4, -0.2) is 63.6 Å². The van der Waals surface area contributed by atoms with E-state index in [4.69, 9.17) is 14.1 Å². The van der Waals surface area contributed by atoms with Crippen LogP contribution in [0.15, 0.2) is 42.6 Å². The lowest BCUT2D eigenvalue weighted by atomic mass is 9.83. The first-order chi connectivity index (χ1) is 20.8. The highest BCUT2D eigenvalue weighted by atomic mass is 28.4. The summed E-state index contributed by atoms with van der Waals surface area (Å²) in [5.41, 5.74) is 7.73. The molecule has 1 saturated heterocycles. The van der Waals surface area contributed by atoms with Crippen molar-refractivity contribution in [2.75, 3.05) is 51.1 Å². The molecule has 2 aromatic carbocycles. The van der Waals surface area contributed by atoms with Crippen LogP contribution in [0.1, 0.15) is 68.7 Å². The molecule has 3 aromatic rings. The molecule has 3 heterocycles. The third-order valence-electron chi connectivity index (χ3n) is 9.62. The van der Waals surface area contributed by atoms with Crippen LogP contribution in [0.4, 0.5) is 17.3 Å². The average molecular weight is 613 g/mol. The lowest BCUT2D eigenvalue weighted by Gasteiger charge is -2.39. The van der Waals surface area contributed by atoms with Crippen LogP contribution in [0.3, 0.4) is 0 Å². The third kappa shape index (κ3) is 6.84. The third-order valence-corrected chi connectivity index (χ3v) is 14.1. The van der Waals surface area contributed by atoms with E-state index in [9.17, 15) is 5.26 Å². The second kappa shape index (κ2) is 12.6. The van der Waals surface area contributed by atoms with Crippen LogP contribution in [0.5, 0.6) is 0 Å². The van der Waals surface area contributed by atoms with Crippen molar-refractivity contribution in [1.82, 2.24) is 14.9 Å². The standard InChI is InChI=1S/C35H48N6O2Si/c1-34(2,3)44(7,8)43-23-35(4)22-38-32-26(20-36)17-25(19-30(32)35)31-11-14-37-33(40-31)39-28-9-10-29(24-12-15-42-16-13-24)27(18-28)21-41(5)6/h9-11,14,17-19,24,38H,12-13,15-16,21-23H2,1-8H3,(H,37,39,40)/t35-/m1/s1. The second-order valence-corrected chi connectivity index (χ2v) is 19.3. The molecule has 1 atom stereocenters. The molecular formula is C35H48N6O2Si. The molecule has 44 heavy (non-hydrogen) atoms. The first-order valence-electron chi connectivity index (χ1n) is 15.7. The number of nitrogens with one attached hydrogen (secondary N) is 2. The minimum Gasteiger partial charge on any atom is -0.416 e. The Hall–Kier alpha value is -3.29. The number of nitriles is 1. The van der Waals surface area contributed by atoms with Crippen molar-refractivity contribution in [2.45, 2.75) is 76.5 Å². The number of fused-ring (bicyclic) bond motifs is 1. The molecule has 2 aliphatic heterocycles. The Morgan fingerprint density at radius 1 is 1.16 bits per heavy atom. The van der Waals surface area contributed by atoms with E-state index in [-0.39, 0.29) is 10.5 Å². The molecule has 0 amide bonds. The molecule has 8 nitrogen and oxygen atoms in total. The fourth-order valence-corrected chi connectivity index (χ4v) is 7.00. The molecular weight excluding hydrogens is 565 g/mol. The zero-order valence-electron chi connectivity index (χ0n) is 27.7. The Balaban J connectivity index is 1.42. The number of hydrogen-bond acceptors (Lipinski definition) is 8. The zero-order chi connectivity index (χ0) is 31.7. The quantitative estimate of drug-likeness (QED) is 0.241. The lowest BCUT2D eigenvalue weighted by molar-refractivity contribution is 0.0850. The number of benzene rings is 2. The van der Waals surface area contributed by atoms with Crippen molar-refractivity contribution in [3.8, 4) is 17.3 Å². The smallest absolute Gasteiger partial charge is 0.227 e. The van der Waals surface area contributed by atoms with Gasteiger partial charge in [-0.15, -0.1) is 0 Å². The molecule has 2 aliphatic rings. The van der Waals surface area contributed by atoms with Gasteiger partial charge in [-0.2, -0.15) is 5.26 Å².